The summed E-state index contributed by atoms with van der Waals surface area (Å²) in [5, 5.41) is 9.94. The van der Waals surface area contributed by atoms with Crippen molar-refractivity contribution in [3.8, 4) is 5.75 Å². The van der Waals surface area contributed by atoms with E-state index in [4.69, 9.17) is 0 Å². The van der Waals surface area contributed by atoms with E-state index in [2.05, 4.69) is 41.9 Å². The van der Waals surface area contributed by atoms with E-state index in [0.29, 0.717) is 23.4 Å². The molecule has 1 aliphatic rings. The minimum absolute atomic E-state index is 0.0777. The van der Waals surface area contributed by atoms with Gasteiger partial charge in [0.05, 0.1) is 4.53 Å². The first-order valence-corrected chi connectivity index (χ1v) is 9.20. The maximum absolute atomic E-state index is 12.8. The molecular formula is C20H19N3O2S. The minimum Gasteiger partial charge on any atom is -0.507 e. The molecule has 0 atom stereocenters. The largest absolute Gasteiger partial charge is 0.507 e. The number of hydrogen-bond acceptors (Lipinski definition) is 5. The van der Waals surface area contributed by atoms with Gasteiger partial charge in [0.1, 0.15) is 19.1 Å². The third kappa shape index (κ3) is 3.04. The van der Waals surface area contributed by atoms with Crippen molar-refractivity contribution in [2.75, 3.05) is 11.6 Å². The van der Waals surface area contributed by atoms with Crippen LogP contribution in [-0.2, 0) is 6.67 Å². The SMILES string of the molecule is Cc1cc(C)cc(N2CN=c3s/c(=C\c4ccccc4O)c(=O)n3C2)c1. The molecule has 0 amide bonds. The molecule has 26 heavy (non-hydrogen) atoms. The summed E-state index contributed by atoms with van der Waals surface area (Å²) in [4.78, 5) is 20.2. The predicted octanol–water partition coefficient (Wildman–Crippen LogP) is 2.12. The number of benzene rings is 2. The van der Waals surface area contributed by atoms with Crippen LogP contribution in [0.3, 0.4) is 0 Å². The lowest BCUT2D eigenvalue weighted by molar-refractivity contribution is 0.474. The molecule has 0 spiro atoms. The van der Waals surface area contributed by atoms with Crippen LogP contribution in [0.2, 0.25) is 0 Å². The zero-order valence-electron chi connectivity index (χ0n) is 14.6. The first-order valence-electron chi connectivity index (χ1n) is 8.38. The van der Waals surface area contributed by atoms with Gasteiger partial charge in [-0.05, 0) is 49.2 Å². The van der Waals surface area contributed by atoms with E-state index in [1.807, 2.05) is 6.07 Å². The summed E-state index contributed by atoms with van der Waals surface area (Å²) in [6.45, 7) is 5.14. The summed E-state index contributed by atoms with van der Waals surface area (Å²) in [5.74, 6) is 0.164. The zero-order valence-corrected chi connectivity index (χ0v) is 15.5. The minimum atomic E-state index is -0.0777. The summed E-state index contributed by atoms with van der Waals surface area (Å²) >= 11 is 1.36. The number of para-hydroxylation sites is 1. The lowest BCUT2D eigenvalue weighted by atomic mass is 10.1. The van der Waals surface area contributed by atoms with Gasteiger partial charge in [0.2, 0.25) is 0 Å². The van der Waals surface area contributed by atoms with Crippen LogP contribution in [0.15, 0.2) is 52.3 Å². The molecule has 5 nitrogen and oxygen atoms in total. The summed E-state index contributed by atoms with van der Waals surface area (Å²) in [6.07, 6.45) is 1.73. The van der Waals surface area contributed by atoms with Crippen molar-refractivity contribution < 1.29 is 5.11 Å². The van der Waals surface area contributed by atoms with Gasteiger partial charge in [0, 0.05) is 11.3 Å². The van der Waals surface area contributed by atoms with Gasteiger partial charge in [-0.1, -0.05) is 35.6 Å². The average Bonchev–Trinajstić information content (AvgIpc) is 2.91. The highest BCUT2D eigenvalue weighted by molar-refractivity contribution is 7.07. The quantitative estimate of drug-likeness (QED) is 0.757. The molecule has 132 valence electrons. The van der Waals surface area contributed by atoms with Crippen molar-refractivity contribution in [2.45, 2.75) is 20.5 Å². The number of phenolic OH excluding ortho intramolecular Hbond substituents is 1. The predicted molar refractivity (Wildman–Crippen MR) is 104 cm³/mol. The molecule has 0 aliphatic carbocycles. The van der Waals surface area contributed by atoms with Gasteiger partial charge in [-0.2, -0.15) is 0 Å². The molecule has 1 aliphatic heterocycles. The number of fused-ring (bicyclic) bond motifs is 1. The number of nitrogens with zero attached hydrogens (tertiary/aromatic N) is 3. The third-order valence-corrected chi connectivity index (χ3v) is 5.42. The molecule has 4 rings (SSSR count). The number of hydrogen-bond donors (Lipinski definition) is 1. The molecule has 6 heteroatoms. The Morgan fingerprint density at radius 3 is 2.62 bits per heavy atom. The van der Waals surface area contributed by atoms with Gasteiger partial charge in [-0.25, -0.2) is 4.99 Å². The number of rotatable bonds is 2. The lowest BCUT2D eigenvalue weighted by Gasteiger charge is -2.26. The van der Waals surface area contributed by atoms with Gasteiger partial charge in [0.15, 0.2) is 4.80 Å². The Hall–Kier alpha value is -2.86. The number of aromatic hydroxyl groups is 1. The highest BCUT2D eigenvalue weighted by Gasteiger charge is 2.16. The molecule has 3 aromatic rings. The Bertz CT molecular complexity index is 1140. The molecule has 0 fully saturated rings. The van der Waals surface area contributed by atoms with Gasteiger partial charge in [0.25, 0.3) is 5.56 Å². The topological polar surface area (TPSA) is 57.8 Å². The number of aryl methyl sites for hydroxylation is 2. The normalized spacial score (nSPS) is 14.2. The Kier molecular flexibility index (Phi) is 4.12. The Morgan fingerprint density at radius 2 is 1.88 bits per heavy atom. The Balaban J connectivity index is 1.74. The summed E-state index contributed by atoms with van der Waals surface area (Å²) in [7, 11) is 0. The maximum Gasteiger partial charge on any atom is 0.271 e. The van der Waals surface area contributed by atoms with E-state index in [1.54, 1.807) is 28.8 Å². The molecule has 1 N–H and O–H groups in total. The maximum atomic E-state index is 12.8. The van der Waals surface area contributed by atoms with Crippen molar-refractivity contribution >= 4 is 23.1 Å². The number of aromatic nitrogens is 1. The highest BCUT2D eigenvalue weighted by Crippen LogP contribution is 2.20. The van der Waals surface area contributed by atoms with E-state index < -0.39 is 0 Å². The van der Waals surface area contributed by atoms with E-state index in [1.165, 1.54) is 22.5 Å². The van der Waals surface area contributed by atoms with Crippen molar-refractivity contribution in [1.82, 2.24) is 4.57 Å². The fraction of sp³-hybridized carbons (Fsp3) is 0.200. The van der Waals surface area contributed by atoms with E-state index in [0.717, 1.165) is 10.5 Å². The monoisotopic (exact) mass is 365 g/mol. The smallest absolute Gasteiger partial charge is 0.271 e. The second-order valence-corrected chi connectivity index (χ2v) is 7.52. The van der Waals surface area contributed by atoms with Crippen molar-refractivity contribution in [3.05, 3.63) is 78.8 Å². The van der Waals surface area contributed by atoms with Crippen LogP contribution < -0.4 is 19.8 Å². The standard InChI is InChI=1S/C20H19N3O2S/c1-13-7-14(2)9-16(8-13)22-11-21-20-23(12-22)19(25)18(26-20)10-15-5-3-4-6-17(15)24/h3-10,24H,11-12H2,1-2H3/b18-10-. The average molecular weight is 365 g/mol. The van der Waals surface area contributed by atoms with Crippen LogP contribution in [0.5, 0.6) is 5.75 Å². The van der Waals surface area contributed by atoms with Crippen LogP contribution in [0.25, 0.3) is 6.08 Å². The zero-order chi connectivity index (χ0) is 18.3. The van der Waals surface area contributed by atoms with Crippen LogP contribution >= 0.6 is 11.3 Å². The van der Waals surface area contributed by atoms with Crippen LogP contribution in [-0.4, -0.2) is 16.3 Å². The molecule has 0 unspecified atom stereocenters. The van der Waals surface area contributed by atoms with E-state index in [-0.39, 0.29) is 11.3 Å². The van der Waals surface area contributed by atoms with Crippen molar-refractivity contribution in [2.24, 2.45) is 4.99 Å². The molecule has 1 aromatic heterocycles. The van der Waals surface area contributed by atoms with Crippen LogP contribution in [0, 0.1) is 13.8 Å². The molecule has 0 saturated heterocycles. The second kappa shape index (κ2) is 6.46. The fourth-order valence-corrected chi connectivity index (χ4v) is 4.11. The number of anilines is 1. The fourth-order valence-electron chi connectivity index (χ4n) is 3.16. The molecule has 2 aromatic carbocycles. The van der Waals surface area contributed by atoms with Gasteiger partial charge in [-0.3, -0.25) is 9.36 Å². The van der Waals surface area contributed by atoms with Crippen LogP contribution in [0.1, 0.15) is 16.7 Å². The molecule has 2 heterocycles. The first kappa shape index (κ1) is 16.6. The van der Waals surface area contributed by atoms with Gasteiger partial charge >= 0.3 is 0 Å². The second-order valence-electron chi connectivity index (χ2n) is 6.51. The molecular weight excluding hydrogens is 346 g/mol. The summed E-state index contributed by atoms with van der Waals surface area (Å²) < 4.78 is 2.27. The van der Waals surface area contributed by atoms with E-state index >= 15 is 0 Å². The Labute approximate surface area is 154 Å². The van der Waals surface area contributed by atoms with Crippen molar-refractivity contribution in [1.29, 1.82) is 0 Å². The number of thiazole rings is 1. The van der Waals surface area contributed by atoms with Gasteiger partial charge < -0.3 is 10.0 Å². The summed E-state index contributed by atoms with van der Waals surface area (Å²) in [5.41, 5.74) is 4.01. The first-order chi connectivity index (χ1) is 12.5. The molecule has 0 saturated carbocycles. The van der Waals surface area contributed by atoms with Crippen LogP contribution in [0.4, 0.5) is 5.69 Å². The number of phenols is 1. The van der Waals surface area contributed by atoms with Crippen molar-refractivity contribution in [3.63, 3.8) is 0 Å². The third-order valence-electron chi connectivity index (χ3n) is 4.37. The van der Waals surface area contributed by atoms with E-state index in [9.17, 15) is 9.90 Å². The summed E-state index contributed by atoms with van der Waals surface area (Å²) in [6, 6.07) is 13.4. The molecule has 0 radical (unpaired) electrons. The lowest BCUT2D eigenvalue weighted by Crippen LogP contribution is -2.42. The Morgan fingerprint density at radius 1 is 1.15 bits per heavy atom. The van der Waals surface area contributed by atoms with Gasteiger partial charge in [-0.15, -0.1) is 0 Å². The highest BCUT2D eigenvalue weighted by atomic mass is 32.1. The molecule has 0 bridgehead atoms.